The largest absolute Gasteiger partial charge is 0.394 e. The molecule has 2 aromatic rings. The lowest BCUT2D eigenvalue weighted by Gasteiger charge is -2.16. The molecule has 1 saturated heterocycles. The van der Waals surface area contributed by atoms with E-state index in [1.54, 1.807) is 0 Å². The fraction of sp³-hybridized carbons (Fsp3) is 0.500. The molecule has 4 atom stereocenters. The first-order chi connectivity index (χ1) is 9.54. The standard InChI is InChI=1S/C10H13N5O5/c11-15-3-13-8-5(9(15)19)12-2-14(8)10-7(18)6(17)4(1-16)20-10/h2-4,6-7,10,16-18H,1,11H2/t4-,6+,7+,10-/m0/s1. The first-order valence-corrected chi connectivity index (χ1v) is 5.86. The van der Waals surface area contributed by atoms with Crippen molar-refractivity contribution in [2.24, 2.45) is 0 Å². The van der Waals surface area contributed by atoms with Crippen molar-refractivity contribution in [2.45, 2.75) is 24.5 Å². The van der Waals surface area contributed by atoms with Crippen LogP contribution < -0.4 is 11.4 Å². The van der Waals surface area contributed by atoms with E-state index in [9.17, 15) is 15.0 Å². The van der Waals surface area contributed by atoms with Gasteiger partial charge in [0.25, 0.3) is 5.56 Å². The summed E-state index contributed by atoms with van der Waals surface area (Å²) in [4.78, 5) is 19.6. The van der Waals surface area contributed by atoms with E-state index >= 15 is 0 Å². The van der Waals surface area contributed by atoms with Crippen LogP contribution in [0.15, 0.2) is 17.4 Å². The molecule has 108 valence electrons. The molecule has 0 aromatic carbocycles. The molecule has 0 amide bonds. The zero-order valence-electron chi connectivity index (χ0n) is 10.2. The van der Waals surface area contributed by atoms with Crippen molar-refractivity contribution < 1.29 is 20.1 Å². The number of hydrogen-bond acceptors (Lipinski definition) is 8. The number of fused-ring (bicyclic) bond motifs is 1. The first-order valence-electron chi connectivity index (χ1n) is 5.86. The molecule has 0 bridgehead atoms. The van der Waals surface area contributed by atoms with Crippen LogP contribution in [0.4, 0.5) is 0 Å². The van der Waals surface area contributed by atoms with E-state index in [1.165, 1.54) is 10.9 Å². The highest BCUT2D eigenvalue weighted by molar-refractivity contribution is 5.69. The maximum Gasteiger partial charge on any atom is 0.299 e. The van der Waals surface area contributed by atoms with Crippen LogP contribution in [0.3, 0.4) is 0 Å². The second-order valence-corrected chi connectivity index (χ2v) is 4.51. The quantitative estimate of drug-likeness (QED) is 0.424. The number of nitrogens with zero attached hydrogens (tertiary/aromatic N) is 4. The van der Waals surface area contributed by atoms with E-state index in [0.29, 0.717) is 0 Å². The number of hydrogen-bond donors (Lipinski definition) is 4. The Balaban J connectivity index is 2.08. The van der Waals surface area contributed by atoms with Crippen LogP contribution in [0.5, 0.6) is 0 Å². The summed E-state index contributed by atoms with van der Waals surface area (Å²) < 4.78 is 7.46. The molecular formula is C10H13N5O5. The van der Waals surface area contributed by atoms with Gasteiger partial charge in [0.2, 0.25) is 0 Å². The lowest BCUT2D eigenvalue weighted by atomic mass is 10.1. The summed E-state index contributed by atoms with van der Waals surface area (Å²) in [5, 5.41) is 28.7. The van der Waals surface area contributed by atoms with Crippen LogP contribution in [-0.2, 0) is 4.74 Å². The molecule has 20 heavy (non-hydrogen) atoms. The Morgan fingerprint density at radius 1 is 1.30 bits per heavy atom. The van der Waals surface area contributed by atoms with Crippen LogP contribution in [0.25, 0.3) is 11.2 Å². The molecule has 10 heteroatoms. The molecule has 0 radical (unpaired) electrons. The SMILES string of the molecule is Nn1cnc2c(ncn2[C@H]2O[C@@H](CO)[C@@H](O)[C@H]2O)c1=O. The van der Waals surface area contributed by atoms with E-state index < -0.39 is 36.7 Å². The molecule has 0 saturated carbocycles. The Morgan fingerprint density at radius 2 is 2.05 bits per heavy atom. The number of ether oxygens (including phenoxy) is 1. The molecular weight excluding hydrogens is 270 g/mol. The van der Waals surface area contributed by atoms with Crippen molar-refractivity contribution in [3.05, 3.63) is 23.0 Å². The van der Waals surface area contributed by atoms with Gasteiger partial charge in [-0.1, -0.05) is 0 Å². The van der Waals surface area contributed by atoms with Gasteiger partial charge in [-0.05, 0) is 0 Å². The molecule has 5 N–H and O–H groups in total. The van der Waals surface area contributed by atoms with Crippen LogP contribution in [0, 0.1) is 0 Å². The van der Waals surface area contributed by atoms with Crippen molar-refractivity contribution in [3.8, 4) is 0 Å². The summed E-state index contributed by atoms with van der Waals surface area (Å²) in [5.41, 5.74) is -0.347. The second-order valence-electron chi connectivity index (χ2n) is 4.51. The van der Waals surface area contributed by atoms with Crippen LogP contribution in [0.1, 0.15) is 6.23 Å². The molecule has 10 nitrogen and oxygen atoms in total. The second kappa shape index (κ2) is 4.52. The number of nitrogen functional groups attached to an aromatic ring is 1. The van der Waals surface area contributed by atoms with E-state index in [1.807, 2.05) is 0 Å². The van der Waals surface area contributed by atoms with Crippen molar-refractivity contribution in [3.63, 3.8) is 0 Å². The van der Waals surface area contributed by atoms with Gasteiger partial charge >= 0.3 is 0 Å². The minimum Gasteiger partial charge on any atom is -0.394 e. The minimum absolute atomic E-state index is 0.0211. The van der Waals surface area contributed by atoms with Crippen LogP contribution >= 0.6 is 0 Å². The molecule has 0 aliphatic carbocycles. The maximum atomic E-state index is 11.8. The molecule has 1 aliphatic heterocycles. The number of imidazole rings is 1. The monoisotopic (exact) mass is 283 g/mol. The molecule has 0 spiro atoms. The van der Waals surface area contributed by atoms with Gasteiger partial charge in [0, 0.05) is 0 Å². The summed E-state index contributed by atoms with van der Waals surface area (Å²) in [6.07, 6.45) is -2.04. The van der Waals surface area contributed by atoms with Gasteiger partial charge in [0.05, 0.1) is 12.9 Å². The zero-order valence-corrected chi connectivity index (χ0v) is 10.2. The fourth-order valence-electron chi connectivity index (χ4n) is 2.22. The summed E-state index contributed by atoms with van der Waals surface area (Å²) in [6.45, 7) is -0.440. The van der Waals surface area contributed by atoms with E-state index in [-0.39, 0.29) is 11.2 Å². The number of aliphatic hydroxyl groups excluding tert-OH is 3. The highest BCUT2D eigenvalue weighted by Gasteiger charge is 2.44. The molecule has 1 fully saturated rings. The molecule has 1 aliphatic rings. The normalized spacial score (nSPS) is 30.1. The predicted octanol–water partition coefficient (Wildman–Crippen LogP) is -3.08. The summed E-state index contributed by atoms with van der Waals surface area (Å²) in [7, 11) is 0. The Morgan fingerprint density at radius 3 is 2.70 bits per heavy atom. The van der Waals surface area contributed by atoms with Gasteiger partial charge in [-0.3, -0.25) is 9.36 Å². The Kier molecular flexibility index (Phi) is 2.94. The van der Waals surface area contributed by atoms with Crippen LogP contribution in [0.2, 0.25) is 0 Å². The summed E-state index contributed by atoms with van der Waals surface area (Å²) in [6, 6.07) is 0. The first kappa shape index (κ1) is 13.0. The van der Waals surface area contributed by atoms with Gasteiger partial charge < -0.3 is 25.9 Å². The zero-order chi connectivity index (χ0) is 14.4. The third-order valence-electron chi connectivity index (χ3n) is 3.30. The third kappa shape index (κ3) is 1.70. The Labute approximate surface area is 111 Å². The molecule has 0 unspecified atom stereocenters. The average molecular weight is 283 g/mol. The highest BCUT2D eigenvalue weighted by atomic mass is 16.6. The van der Waals surface area contributed by atoms with Gasteiger partial charge in [-0.25, -0.2) is 14.6 Å². The van der Waals surface area contributed by atoms with E-state index in [0.717, 1.165) is 11.0 Å². The van der Waals surface area contributed by atoms with Crippen LogP contribution in [-0.4, -0.2) is 59.4 Å². The Hall–Kier alpha value is -2.01. The van der Waals surface area contributed by atoms with Crippen molar-refractivity contribution in [2.75, 3.05) is 12.4 Å². The summed E-state index contributed by atoms with van der Waals surface area (Å²) >= 11 is 0. The lowest BCUT2D eigenvalue weighted by Crippen LogP contribution is -2.33. The predicted molar refractivity (Wildman–Crippen MR) is 64.9 cm³/mol. The van der Waals surface area contributed by atoms with Gasteiger partial charge in [0.1, 0.15) is 24.6 Å². The Bertz CT molecular complexity index is 697. The molecule has 3 heterocycles. The lowest BCUT2D eigenvalue weighted by molar-refractivity contribution is -0.0511. The van der Waals surface area contributed by atoms with Crippen molar-refractivity contribution in [1.82, 2.24) is 19.2 Å². The van der Waals surface area contributed by atoms with Crippen molar-refractivity contribution >= 4 is 11.2 Å². The van der Waals surface area contributed by atoms with E-state index in [2.05, 4.69) is 9.97 Å². The van der Waals surface area contributed by atoms with Gasteiger partial charge in [0.15, 0.2) is 17.4 Å². The molecule has 3 rings (SSSR count). The topological polar surface area (TPSA) is 149 Å². The fourth-order valence-corrected chi connectivity index (χ4v) is 2.22. The number of rotatable bonds is 2. The van der Waals surface area contributed by atoms with Gasteiger partial charge in [-0.15, -0.1) is 0 Å². The minimum atomic E-state index is -1.27. The number of aliphatic hydroxyl groups is 3. The van der Waals surface area contributed by atoms with E-state index in [4.69, 9.17) is 15.7 Å². The van der Waals surface area contributed by atoms with Crippen molar-refractivity contribution in [1.29, 1.82) is 0 Å². The molecule has 2 aromatic heterocycles. The number of aromatic nitrogens is 4. The summed E-state index contributed by atoms with van der Waals surface area (Å²) in [5.74, 6) is 5.38. The average Bonchev–Trinajstić information content (AvgIpc) is 2.98. The smallest absolute Gasteiger partial charge is 0.299 e. The maximum absolute atomic E-state index is 11.8. The third-order valence-corrected chi connectivity index (χ3v) is 3.30. The van der Waals surface area contributed by atoms with Gasteiger partial charge in [-0.2, -0.15) is 0 Å². The highest BCUT2D eigenvalue weighted by Crippen LogP contribution is 2.30. The number of nitrogens with two attached hydrogens (primary N) is 1.